The van der Waals surface area contributed by atoms with Crippen LogP contribution in [0.15, 0.2) is 18.2 Å². The highest BCUT2D eigenvalue weighted by atomic mass is 31.0. The van der Waals surface area contributed by atoms with Gasteiger partial charge in [0.05, 0.1) is 7.11 Å². The lowest BCUT2D eigenvalue weighted by Crippen LogP contribution is -2.27. The quantitative estimate of drug-likeness (QED) is 0.455. The van der Waals surface area contributed by atoms with E-state index in [1.165, 1.54) is 44.2 Å². The topological polar surface area (TPSA) is 9.23 Å². The summed E-state index contributed by atoms with van der Waals surface area (Å²) in [7, 11) is 4.88. The van der Waals surface area contributed by atoms with Crippen molar-refractivity contribution in [2.45, 2.75) is 92.4 Å². The first-order valence-corrected chi connectivity index (χ1v) is 11.5. The van der Waals surface area contributed by atoms with E-state index in [4.69, 9.17) is 4.74 Å². The number of aryl methyl sites for hydroxylation is 1. The number of ether oxygens (including phenoxy) is 1. The van der Waals surface area contributed by atoms with Crippen LogP contribution in [0.5, 0.6) is 5.75 Å². The van der Waals surface area contributed by atoms with Crippen molar-refractivity contribution in [3.63, 3.8) is 0 Å². The van der Waals surface area contributed by atoms with Gasteiger partial charge in [0.15, 0.2) is 0 Å². The molecule has 0 spiro atoms. The molecule has 2 aromatic carbocycles. The Hall–Kier alpha value is -1.33. The summed E-state index contributed by atoms with van der Waals surface area (Å²) in [5.41, 5.74) is 10.1. The fraction of sp³-hybridized carbons (Fsp3) is 0.556. The average molecular weight is 413 g/mol. The van der Waals surface area contributed by atoms with E-state index in [9.17, 15) is 0 Å². The normalized spacial score (nSPS) is 12.4. The summed E-state index contributed by atoms with van der Waals surface area (Å²) >= 11 is 0. The third kappa shape index (κ3) is 4.56. The van der Waals surface area contributed by atoms with Crippen molar-refractivity contribution >= 4 is 14.5 Å². The zero-order valence-corrected chi connectivity index (χ0v) is 21.6. The summed E-state index contributed by atoms with van der Waals surface area (Å²) in [4.78, 5) is 0. The maximum Gasteiger partial charge on any atom is 0.119 e. The van der Waals surface area contributed by atoms with E-state index in [2.05, 4.69) is 96.7 Å². The molecule has 0 N–H and O–H groups in total. The van der Waals surface area contributed by atoms with E-state index >= 15 is 0 Å². The molecule has 29 heavy (non-hydrogen) atoms. The van der Waals surface area contributed by atoms with Crippen LogP contribution in [0.2, 0.25) is 0 Å². The molecule has 0 saturated carbocycles. The van der Waals surface area contributed by atoms with Crippen LogP contribution in [0.1, 0.15) is 108 Å². The zero-order chi connectivity index (χ0) is 22.3. The van der Waals surface area contributed by atoms with Crippen LogP contribution in [-0.4, -0.2) is 7.11 Å². The molecule has 0 aliphatic heterocycles. The van der Waals surface area contributed by atoms with E-state index in [1.54, 1.807) is 7.11 Å². The van der Waals surface area contributed by atoms with Gasteiger partial charge in [-0.1, -0.05) is 68.4 Å². The van der Waals surface area contributed by atoms with Crippen LogP contribution in [0.3, 0.4) is 0 Å². The molecule has 0 aliphatic carbocycles. The Labute approximate surface area is 181 Å². The standard InChI is InChI=1S/C27H41OP/c1-15(2)21-24(20-14-19(28-11)13-12-18(20)7)22(16(3)4)26(29)23(17(5)6)25(21)27(8,9)10/h12-17H,29H2,1-11H3. The predicted molar refractivity (Wildman–Crippen MR) is 133 cm³/mol. The van der Waals surface area contributed by atoms with Crippen molar-refractivity contribution in [3.8, 4) is 16.9 Å². The molecule has 0 radical (unpaired) electrons. The summed E-state index contributed by atoms with van der Waals surface area (Å²) in [6.45, 7) is 23.3. The van der Waals surface area contributed by atoms with Crippen LogP contribution in [0.4, 0.5) is 0 Å². The van der Waals surface area contributed by atoms with Crippen molar-refractivity contribution < 1.29 is 4.74 Å². The highest BCUT2D eigenvalue weighted by Gasteiger charge is 2.32. The molecule has 160 valence electrons. The summed E-state index contributed by atoms with van der Waals surface area (Å²) < 4.78 is 5.62. The highest BCUT2D eigenvalue weighted by Crippen LogP contribution is 2.46. The summed E-state index contributed by atoms with van der Waals surface area (Å²) in [6.07, 6.45) is 0. The Morgan fingerprint density at radius 3 is 1.76 bits per heavy atom. The first-order valence-electron chi connectivity index (χ1n) is 11.0. The fourth-order valence-electron chi connectivity index (χ4n) is 4.70. The van der Waals surface area contributed by atoms with Crippen molar-refractivity contribution in [1.29, 1.82) is 0 Å². The predicted octanol–water partition coefficient (Wildman–Crippen LogP) is 7.84. The lowest BCUT2D eigenvalue weighted by Gasteiger charge is -2.36. The van der Waals surface area contributed by atoms with Gasteiger partial charge in [-0.05, 0) is 86.5 Å². The van der Waals surface area contributed by atoms with E-state index in [-0.39, 0.29) is 5.41 Å². The Kier molecular flexibility index (Phi) is 7.27. The van der Waals surface area contributed by atoms with Gasteiger partial charge >= 0.3 is 0 Å². The number of hydrogen-bond acceptors (Lipinski definition) is 1. The highest BCUT2D eigenvalue weighted by molar-refractivity contribution is 7.27. The number of hydrogen-bond donors (Lipinski definition) is 0. The van der Waals surface area contributed by atoms with Crippen molar-refractivity contribution in [3.05, 3.63) is 46.0 Å². The Bertz CT molecular complexity index is 883. The molecule has 2 aromatic rings. The molecule has 0 saturated heterocycles. The monoisotopic (exact) mass is 412 g/mol. The third-order valence-corrected chi connectivity index (χ3v) is 6.48. The molecule has 0 fully saturated rings. The molecule has 0 aliphatic rings. The minimum Gasteiger partial charge on any atom is -0.497 e. The van der Waals surface area contributed by atoms with Crippen molar-refractivity contribution in [1.82, 2.24) is 0 Å². The lowest BCUT2D eigenvalue weighted by atomic mass is 9.70. The van der Waals surface area contributed by atoms with Crippen LogP contribution in [0, 0.1) is 6.92 Å². The molecule has 0 amide bonds. The van der Waals surface area contributed by atoms with Gasteiger partial charge in [-0.25, -0.2) is 0 Å². The summed E-state index contributed by atoms with van der Waals surface area (Å²) in [5.74, 6) is 2.27. The summed E-state index contributed by atoms with van der Waals surface area (Å²) in [5, 5.41) is 1.39. The number of methoxy groups -OCH3 is 1. The fourth-order valence-corrected chi connectivity index (χ4v) is 5.66. The molecule has 1 unspecified atom stereocenters. The maximum atomic E-state index is 5.62. The van der Waals surface area contributed by atoms with Crippen molar-refractivity contribution in [2.24, 2.45) is 0 Å². The van der Waals surface area contributed by atoms with E-state index in [0.717, 1.165) is 5.75 Å². The molecule has 0 aromatic heterocycles. The van der Waals surface area contributed by atoms with E-state index in [0.29, 0.717) is 17.8 Å². The molecule has 2 heteroatoms. The molecule has 2 rings (SSSR count). The second-order valence-corrected chi connectivity index (χ2v) is 10.9. The first kappa shape index (κ1) is 23.9. The Morgan fingerprint density at radius 2 is 1.34 bits per heavy atom. The average Bonchev–Trinajstić information content (AvgIpc) is 2.59. The number of benzene rings is 2. The second kappa shape index (κ2) is 8.81. The Balaban J connectivity index is 3.21. The van der Waals surface area contributed by atoms with Gasteiger partial charge in [-0.2, -0.15) is 0 Å². The van der Waals surface area contributed by atoms with Crippen LogP contribution < -0.4 is 10.0 Å². The van der Waals surface area contributed by atoms with Gasteiger partial charge < -0.3 is 4.74 Å². The maximum absolute atomic E-state index is 5.62. The largest absolute Gasteiger partial charge is 0.497 e. The lowest BCUT2D eigenvalue weighted by molar-refractivity contribution is 0.415. The molecule has 1 nitrogen and oxygen atoms in total. The van der Waals surface area contributed by atoms with Gasteiger partial charge in [0.1, 0.15) is 5.75 Å². The van der Waals surface area contributed by atoms with Crippen LogP contribution >= 0.6 is 9.24 Å². The van der Waals surface area contributed by atoms with Crippen molar-refractivity contribution in [2.75, 3.05) is 7.11 Å². The van der Waals surface area contributed by atoms with E-state index < -0.39 is 0 Å². The van der Waals surface area contributed by atoms with E-state index in [1.807, 2.05) is 0 Å². The van der Waals surface area contributed by atoms with Gasteiger partial charge in [-0.15, -0.1) is 9.24 Å². The molecular weight excluding hydrogens is 371 g/mol. The van der Waals surface area contributed by atoms with Crippen LogP contribution in [-0.2, 0) is 5.41 Å². The Morgan fingerprint density at radius 1 is 0.828 bits per heavy atom. The third-order valence-electron chi connectivity index (χ3n) is 5.85. The van der Waals surface area contributed by atoms with Gasteiger partial charge in [0.25, 0.3) is 0 Å². The molecule has 0 bridgehead atoms. The van der Waals surface area contributed by atoms with Crippen LogP contribution in [0.25, 0.3) is 11.1 Å². The molecule has 1 atom stereocenters. The van der Waals surface area contributed by atoms with Gasteiger partial charge in [-0.3, -0.25) is 0 Å². The summed E-state index contributed by atoms with van der Waals surface area (Å²) in [6, 6.07) is 6.49. The van der Waals surface area contributed by atoms with Gasteiger partial charge in [0.2, 0.25) is 0 Å². The molecular formula is C27H41OP. The SMILES string of the molecule is COc1ccc(C)c(-c2c(C(C)C)c(P)c(C(C)C)c(C(C)(C)C)c2C(C)C)c1. The second-order valence-electron chi connectivity index (χ2n) is 10.3. The number of rotatable bonds is 5. The minimum atomic E-state index is 0.0710. The first-order chi connectivity index (χ1) is 13.3. The smallest absolute Gasteiger partial charge is 0.119 e. The zero-order valence-electron chi connectivity index (χ0n) is 20.4. The van der Waals surface area contributed by atoms with Gasteiger partial charge in [0, 0.05) is 0 Å². The minimum absolute atomic E-state index is 0.0710. The molecule has 0 heterocycles.